The monoisotopic (exact) mass is 380 g/mol. The highest BCUT2D eigenvalue weighted by Gasteiger charge is 2.33. The van der Waals surface area contributed by atoms with E-state index in [-0.39, 0.29) is 23.1 Å². The van der Waals surface area contributed by atoms with E-state index in [1.807, 2.05) is 0 Å². The van der Waals surface area contributed by atoms with Gasteiger partial charge in [0, 0.05) is 5.69 Å². The molecule has 0 spiro atoms. The van der Waals surface area contributed by atoms with Crippen LogP contribution in [0.1, 0.15) is 12.5 Å². The van der Waals surface area contributed by atoms with Crippen molar-refractivity contribution in [3.05, 3.63) is 40.9 Å². The fraction of sp³-hybridized carbons (Fsp3) is 0.231. The van der Waals surface area contributed by atoms with Crippen molar-refractivity contribution in [2.75, 3.05) is 15.8 Å². The molecule has 0 fully saturated rings. The lowest BCUT2D eigenvalue weighted by Crippen LogP contribution is -2.15. The van der Waals surface area contributed by atoms with E-state index < -0.39 is 26.8 Å². The number of alkyl halides is 3. The number of nitrogens with zero attached hydrogens (tertiary/aromatic N) is 2. The lowest BCUT2D eigenvalue weighted by Gasteiger charge is -2.12. The fourth-order valence-corrected chi connectivity index (χ4v) is 2.45. The Morgan fingerprint density at radius 1 is 1.12 bits per heavy atom. The van der Waals surface area contributed by atoms with Crippen LogP contribution in [0.5, 0.6) is 0 Å². The van der Waals surface area contributed by atoms with Gasteiger partial charge in [-0.25, -0.2) is 8.42 Å². The van der Waals surface area contributed by atoms with Crippen molar-refractivity contribution in [1.29, 1.82) is 0 Å². The van der Waals surface area contributed by atoms with Crippen LogP contribution in [-0.2, 0) is 16.2 Å². The number of hydrogen-bond donors (Lipinski definition) is 2. The first kappa shape index (κ1) is 18.3. The molecular weight excluding hydrogens is 369 g/mol. The summed E-state index contributed by atoms with van der Waals surface area (Å²) in [6.45, 7) is 1.46. The van der Waals surface area contributed by atoms with Crippen molar-refractivity contribution in [3.8, 4) is 0 Å². The Bertz CT molecular complexity index is 826. The van der Waals surface area contributed by atoms with Gasteiger partial charge in [0.15, 0.2) is 11.6 Å². The van der Waals surface area contributed by atoms with Crippen LogP contribution in [-0.4, -0.2) is 24.4 Å². The number of benzene rings is 1. The molecule has 1 aromatic carbocycles. The summed E-state index contributed by atoms with van der Waals surface area (Å²) < 4.78 is 63.4. The van der Waals surface area contributed by atoms with Gasteiger partial charge in [0.25, 0.3) is 0 Å². The number of anilines is 3. The number of aromatic nitrogens is 2. The molecule has 1 aromatic heterocycles. The zero-order valence-electron chi connectivity index (χ0n) is 12.2. The Morgan fingerprint density at radius 2 is 1.75 bits per heavy atom. The quantitative estimate of drug-likeness (QED) is 0.827. The second-order valence-corrected chi connectivity index (χ2v) is 7.04. The van der Waals surface area contributed by atoms with Crippen LogP contribution in [0.4, 0.5) is 30.5 Å². The number of rotatable bonds is 5. The molecule has 11 heteroatoms. The normalized spacial score (nSPS) is 12.0. The standard InChI is InChI=1S/C13H12ClF3N4O2S/c1-2-24(22,23)21-12-6-5-11(19-20-12)18-8-3-4-10(14)9(7-8)13(15,16)17/h3-7H,2H2,1H3,(H,18,19)(H,20,21). The van der Waals surface area contributed by atoms with E-state index in [9.17, 15) is 21.6 Å². The zero-order valence-corrected chi connectivity index (χ0v) is 13.8. The molecule has 0 atom stereocenters. The van der Waals surface area contributed by atoms with Crippen molar-refractivity contribution in [2.24, 2.45) is 0 Å². The molecule has 0 saturated carbocycles. The first-order chi connectivity index (χ1) is 11.1. The highest BCUT2D eigenvalue weighted by atomic mass is 35.5. The third-order valence-electron chi connectivity index (χ3n) is 2.85. The molecule has 0 aliphatic heterocycles. The fourth-order valence-electron chi connectivity index (χ4n) is 1.65. The average molecular weight is 381 g/mol. The van der Waals surface area contributed by atoms with Gasteiger partial charge in [-0.2, -0.15) is 13.2 Å². The second kappa shape index (κ2) is 6.81. The van der Waals surface area contributed by atoms with E-state index in [4.69, 9.17) is 11.6 Å². The number of sulfonamides is 1. The SMILES string of the molecule is CCS(=O)(=O)Nc1ccc(Nc2ccc(Cl)c(C(F)(F)F)c2)nn1. The largest absolute Gasteiger partial charge is 0.417 e. The molecule has 2 rings (SSSR count). The van der Waals surface area contributed by atoms with Gasteiger partial charge in [-0.1, -0.05) is 11.6 Å². The van der Waals surface area contributed by atoms with Crippen molar-refractivity contribution in [1.82, 2.24) is 10.2 Å². The van der Waals surface area contributed by atoms with Crippen molar-refractivity contribution in [3.63, 3.8) is 0 Å². The minimum atomic E-state index is -4.58. The highest BCUT2D eigenvalue weighted by Crippen LogP contribution is 2.36. The molecule has 0 aliphatic carbocycles. The van der Waals surface area contributed by atoms with E-state index in [2.05, 4.69) is 20.2 Å². The average Bonchev–Trinajstić information content (AvgIpc) is 2.50. The molecule has 2 aromatic rings. The topological polar surface area (TPSA) is 84.0 Å². The van der Waals surface area contributed by atoms with Gasteiger partial charge in [0.2, 0.25) is 10.0 Å². The van der Waals surface area contributed by atoms with Gasteiger partial charge in [0.05, 0.1) is 16.3 Å². The van der Waals surface area contributed by atoms with Crippen molar-refractivity contribution < 1.29 is 21.6 Å². The maximum absolute atomic E-state index is 12.8. The van der Waals surface area contributed by atoms with E-state index in [1.54, 1.807) is 0 Å². The van der Waals surface area contributed by atoms with Gasteiger partial charge in [-0.15, -0.1) is 10.2 Å². The van der Waals surface area contributed by atoms with E-state index in [0.29, 0.717) is 0 Å². The summed E-state index contributed by atoms with van der Waals surface area (Å²) in [7, 11) is -3.48. The van der Waals surface area contributed by atoms with Gasteiger partial charge < -0.3 is 5.32 Å². The summed E-state index contributed by atoms with van der Waals surface area (Å²) >= 11 is 5.54. The molecule has 130 valence electrons. The summed E-state index contributed by atoms with van der Waals surface area (Å²) in [6, 6.07) is 6.03. The van der Waals surface area contributed by atoms with E-state index in [1.165, 1.54) is 25.1 Å². The number of halogens is 4. The molecular formula is C13H12ClF3N4O2S. The Balaban J connectivity index is 2.18. The summed E-state index contributed by atoms with van der Waals surface area (Å²) in [5, 5.41) is 9.57. The van der Waals surface area contributed by atoms with Crippen LogP contribution < -0.4 is 10.0 Å². The molecule has 1 heterocycles. The summed E-state index contributed by atoms with van der Waals surface area (Å²) in [5.74, 6) is 0.0269. The van der Waals surface area contributed by atoms with Crippen LogP contribution >= 0.6 is 11.6 Å². The van der Waals surface area contributed by atoms with Crippen LogP contribution in [0.15, 0.2) is 30.3 Å². The minimum absolute atomic E-state index is 0.00878. The van der Waals surface area contributed by atoms with Crippen LogP contribution in [0.3, 0.4) is 0 Å². The predicted molar refractivity (Wildman–Crippen MR) is 84.9 cm³/mol. The molecule has 2 N–H and O–H groups in total. The molecule has 0 amide bonds. The minimum Gasteiger partial charge on any atom is -0.339 e. The Hall–Kier alpha value is -2.07. The lowest BCUT2D eigenvalue weighted by atomic mass is 10.2. The lowest BCUT2D eigenvalue weighted by molar-refractivity contribution is -0.137. The van der Waals surface area contributed by atoms with E-state index in [0.717, 1.165) is 12.1 Å². The van der Waals surface area contributed by atoms with Crippen molar-refractivity contribution in [2.45, 2.75) is 13.1 Å². The first-order valence-corrected chi connectivity index (χ1v) is 8.62. The Labute approximate surface area is 141 Å². The Kier molecular flexibility index (Phi) is 5.19. The molecule has 6 nitrogen and oxygen atoms in total. The predicted octanol–water partition coefficient (Wildman–Crippen LogP) is 3.65. The number of nitrogens with one attached hydrogen (secondary N) is 2. The van der Waals surface area contributed by atoms with Crippen LogP contribution in [0, 0.1) is 0 Å². The van der Waals surface area contributed by atoms with Crippen molar-refractivity contribution >= 4 is 38.9 Å². The molecule has 0 unspecified atom stereocenters. The van der Waals surface area contributed by atoms with Gasteiger partial charge in [-0.3, -0.25) is 4.72 Å². The van der Waals surface area contributed by atoms with E-state index >= 15 is 0 Å². The highest BCUT2D eigenvalue weighted by molar-refractivity contribution is 7.92. The van der Waals surface area contributed by atoms with Crippen LogP contribution in [0.25, 0.3) is 0 Å². The third-order valence-corrected chi connectivity index (χ3v) is 4.46. The molecule has 0 bridgehead atoms. The number of hydrogen-bond acceptors (Lipinski definition) is 5. The van der Waals surface area contributed by atoms with Gasteiger partial charge in [-0.05, 0) is 37.3 Å². The maximum atomic E-state index is 12.8. The molecule has 0 radical (unpaired) electrons. The first-order valence-electron chi connectivity index (χ1n) is 6.59. The summed E-state index contributed by atoms with van der Waals surface area (Å²) in [6.07, 6.45) is -4.58. The summed E-state index contributed by atoms with van der Waals surface area (Å²) in [5.41, 5.74) is -0.864. The molecule has 24 heavy (non-hydrogen) atoms. The molecule has 0 saturated heterocycles. The Morgan fingerprint density at radius 3 is 2.29 bits per heavy atom. The molecule has 0 aliphatic rings. The third kappa shape index (κ3) is 4.71. The van der Waals surface area contributed by atoms with Gasteiger partial charge >= 0.3 is 6.18 Å². The second-order valence-electron chi connectivity index (χ2n) is 4.63. The summed E-state index contributed by atoms with van der Waals surface area (Å²) in [4.78, 5) is 0. The maximum Gasteiger partial charge on any atom is 0.417 e. The zero-order chi connectivity index (χ0) is 18.0. The van der Waals surface area contributed by atoms with Crippen LogP contribution in [0.2, 0.25) is 5.02 Å². The smallest absolute Gasteiger partial charge is 0.339 e. The van der Waals surface area contributed by atoms with Gasteiger partial charge in [0.1, 0.15) is 0 Å².